The monoisotopic (exact) mass is 222 g/mol. The van der Waals surface area contributed by atoms with Crippen LogP contribution in [-0.4, -0.2) is 0 Å². The first kappa shape index (κ1) is 15.6. The maximum absolute atomic E-state index is 3.39. The summed E-state index contributed by atoms with van der Waals surface area (Å²) in [6.07, 6.45) is 13.6. The predicted molar refractivity (Wildman–Crippen MR) is 74.5 cm³/mol. The van der Waals surface area contributed by atoms with E-state index >= 15 is 0 Å². The van der Waals surface area contributed by atoms with Gasteiger partial charge in [-0.15, -0.1) is 11.8 Å². The second-order valence-corrected chi connectivity index (χ2v) is 4.79. The van der Waals surface area contributed by atoms with Crippen LogP contribution in [0.5, 0.6) is 0 Å². The van der Waals surface area contributed by atoms with E-state index in [9.17, 15) is 0 Å². The molecule has 0 aliphatic carbocycles. The quantitative estimate of drug-likeness (QED) is 0.335. The van der Waals surface area contributed by atoms with Crippen LogP contribution in [0, 0.1) is 17.8 Å². The van der Waals surface area contributed by atoms with Gasteiger partial charge in [-0.2, -0.15) is 0 Å². The summed E-state index contributed by atoms with van der Waals surface area (Å²) in [5, 5.41) is 0. The van der Waals surface area contributed by atoms with E-state index in [4.69, 9.17) is 0 Å². The molecule has 0 rings (SSSR count). The van der Waals surface area contributed by atoms with Gasteiger partial charge in [-0.25, -0.2) is 0 Å². The lowest BCUT2D eigenvalue weighted by atomic mass is 9.95. The van der Waals surface area contributed by atoms with Gasteiger partial charge in [0.2, 0.25) is 0 Å². The highest BCUT2D eigenvalue weighted by molar-refractivity contribution is 5.00. The van der Waals surface area contributed by atoms with Gasteiger partial charge in [0, 0.05) is 5.92 Å². The van der Waals surface area contributed by atoms with E-state index in [1.165, 1.54) is 64.2 Å². The van der Waals surface area contributed by atoms with Crippen LogP contribution in [0.2, 0.25) is 0 Å². The predicted octanol–water partition coefficient (Wildman–Crippen LogP) is 5.57. The molecule has 0 radical (unpaired) electrons. The van der Waals surface area contributed by atoms with Crippen LogP contribution in [0.15, 0.2) is 0 Å². The molecule has 0 unspecified atom stereocenters. The van der Waals surface area contributed by atoms with Crippen molar-refractivity contribution in [3.63, 3.8) is 0 Å². The standard InChI is InChI=1S/C16H30/c1-4-7-9-11-14-16(13-6-3)15-12-10-8-5-2/h16H,4-5,7-12,14-15H2,1-3H3. The summed E-state index contributed by atoms with van der Waals surface area (Å²) in [6.45, 7) is 6.52. The largest absolute Gasteiger partial charge is 0.106 e. The third-order valence-corrected chi connectivity index (χ3v) is 3.16. The summed E-state index contributed by atoms with van der Waals surface area (Å²) in [6, 6.07) is 0. The van der Waals surface area contributed by atoms with Gasteiger partial charge in [0.1, 0.15) is 0 Å². The second-order valence-electron chi connectivity index (χ2n) is 4.79. The maximum atomic E-state index is 3.39. The summed E-state index contributed by atoms with van der Waals surface area (Å²) in [4.78, 5) is 0. The molecule has 0 fully saturated rings. The van der Waals surface area contributed by atoms with Gasteiger partial charge in [-0.3, -0.25) is 0 Å². The van der Waals surface area contributed by atoms with Gasteiger partial charge in [0.05, 0.1) is 0 Å². The highest BCUT2D eigenvalue weighted by Crippen LogP contribution is 2.17. The number of hydrogen-bond acceptors (Lipinski definition) is 0. The molecule has 0 aliphatic rings. The Hall–Kier alpha value is -0.440. The molecule has 0 aromatic heterocycles. The van der Waals surface area contributed by atoms with Gasteiger partial charge in [0.25, 0.3) is 0 Å². The van der Waals surface area contributed by atoms with Crippen LogP contribution in [0.25, 0.3) is 0 Å². The summed E-state index contributed by atoms with van der Waals surface area (Å²) < 4.78 is 0. The van der Waals surface area contributed by atoms with Crippen LogP contribution >= 0.6 is 0 Å². The smallest absolute Gasteiger partial charge is 0.0202 e. The van der Waals surface area contributed by atoms with Crippen molar-refractivity contribution < 1.29 is 0 Å². The number of hydrogen-bond donors (Lipinski definition) is 0. The normalized spacial score (nSPS) is 10.2. The number of rotatable bonds is 10. The van der Waals surface area contributed by atoms with E-state index in [0.29, 0.717) is 5.92 Å². The fraction of sp³-hybridized carbons (Fsp3) is 0.875. The van der Waals surface area contributed by atoms with Crippen LogP contribution in [0.4, 0.5) is 0 Å². The lowest BCUT2D eigenvalue weighted by molar-refractivity contribution is 0.484. The molecule has 0 aromatic carbocycles. The van der Waals surface area contributed by atoms with Crippen LogP contribution in [0.3, 0.4) is 0 Å². The average Bonchev–Trinajstić information content (AvgIpc) is 2.30. The van der Waals surface area contributed by atoms with E-state index in [-0.39, 0.29) is 0 Å². The molecule has 0 amide bonds. The maximum Gasteiger partial charge on any atom is 0.0202 e. The minimum Gasteiger partial charge on any atom is -0.106 e. The van der Waals surface area contributed by atoms with Crippen LogP contribution in [0.1, 0.15) is 85.0 Å². The van der Waals surface area contributed by atoms with Crippen LogP contribution < -0.4 is 0 Å². The van der Waals surface area contributed by atoms with Gasteiger partial charge < -0.3 is 0 Å². The molecule has 0 saturated heterocycles. The van der Waals surface area contributed by atoms with Crippen molar-refractivity contribution in [1.82, 2.24) is 0 Å². The van der Waals surface area contributed by atoms with Gasteiger partial charge in [0.15, 0.2) is 0 Å². The molecule has 0 spiro atoms. The van der Waals surface area contributed by atoms with Crippen molar-refractivity contribution in [3.05, 3.63) is 0 Å². The molecular weight excluding hydrogens is 192 g/mol. The van der Waals surface area contributed by atoms with Gasteiger partial charge in [-0.05, 0) is 19.8 Å². The first-order valence-corrected chi connectivity index (χ1v) is 7.27. The zero-order valence-corrected chi connectivity index (χ0v) is 11.6. The third kappa shape index (κ3) is 10.1. The molecule has 0 nitrogen and oxygen atoms in total. The molecule has 94 valence electrons. The molecule has 0 aromatic rings. The molecular formula is C16H30. The van der Waals surface area contributed by atoms with Gasteiger partial charge in [-0.1, -0.05) is 65.2 Å². The fourth-order valence-electron chi connectivity index (χ4n) is 2.13. The van der Waals surface area contributed by atoms with E-state index < -0.39 is 0 Å². The highest BCUT2D eigenvalue weighted by Gasteiger charge is 2.04. The first-order chi connectivity index (χ1) is 7.85. The average molecular weight is 222 g/mol. The Morgan fingerprint density at radius 1 is 0.750 bits per heavy atom. The Bertz CT molecular complexity index is 170. The van der Waals surface area contributed by atoms with E-state index in [1.54, 1.807) is 0 Å². The van der Waals surface area contributed by atoms with Crippen molar-refractivity contribution >= 4 is 0 Å². The minimum atomic E-state index is 0.679. The molecule has 0 saturated carbocycles. The molecule has 0 N–H and O–H groups in total. The molecule has 0 bridgehead atoms. The molecule has 0 atom stereocenters. The summed E-state index contributed by atoms with van der Waals surface area (Å²) in [7, 11) is 0. The Balaban J connectivity index is 3.57. The summed E-state index contributed by atoms with van der Waals surface area (Å²) in [5.74, 6) is 7.17. The topological polar surface area (TPSA) is 0 Å². The second kappa shape index (κ2) is 12.6. The SMILES string of the molecule is CC#CC(CCCCCC)CCCCCC. The van der Waals surface area contributed by atoms with Crippen molar-refractivity contribution in [2.45, 2.75) is 85.0 Å². The van der Waals surface area contributed by atoms with Crippen molar-refractivity contribution in [2.24, 2.45) is 5.92 Å². The molecule has 0 aliphatic heterocycles. The van der Waals surface area contributed by atoms with Crippen molar-refractivity contribution in [1.29, 1.82) is 0 Å². The summed E-state index contributed by atoms with van der Waals surface area (Å²) >= 11 is 0. The lowest BCUT2D eigenvalue weighted by Crippen LogP contribution is -1.97. The zero-order chi connectivity index (χ0) is 12.1. The lowest BCUT2D eigenvalue weighted by Gasteiger charge is -2.10. The summed E-state index contributed by atoms with van der Waals surface area (Å²) in [5.41, 5.74) is 0. The Morgan fingerprint density at radius 3 is 1.62 bits per heavy atom. The van der Waals surface area contributed by atoms with Crippen molar-refractivity contribution in [2.75, 3.05) is 0 Å². The number of unbranched alkanes of at least 4 members (excludes halogenated alkanes) is 6. The molecule has 0 heteroatoms. The van der Waals surface area contributed by atoms with Gasteiger partial charge >= 0.3 is 0 Å². The highest BCUT2D eigenvalue weighted by atomic mass is 14.1. The van der Waals surface area contributed by atoms with E-state index in [0.717, 1.165) is 0 Å². The van der Waals surface area contributed by atoms with Crippen molar-refractivity contribution in [3.8, 4) is 11.8 Å². The molecule has 16 heavy (non-hydrogen) atoms. The fourth-order valence-corrected chi connectivity index (χ4v) is 2.13. The Kier molecular flexibility index (Phi) is 12.3. The zero-order valence-electron chi connectivity index (χ0n) is 11.6. The van der Waals surface area contributed by atoms with E-state index in [1.807, 2.05) is 6.92 Å². The minimum absolute atomic E-state index is 0.679. The Morgan fingerprint density at radius 2 is 1.25 bits per heavy atom. The Labute approximate surface area is 103 Å². The van der Waals surface area contributed by atoms with Crippen LogP contribution in [-0.2, 0) is 0 Å². The molecule has 0 heterocycles. The first-order valence-electron chi connectivity index (χ1n) is 7.27. The third-order valence-electron chi connectivity index (χ3n) is 3.16. The van der Waals surface area contributed by atoms with E-state index in [2.05, 4.69) is 25.7 Å².